The lowest BCUT2D eigenvalue weighted by atomic mass is 10.1. The third kappa shape index (κ3) is 8.31. The summed E-state index contributed by atoms with van der Waals surface area (Å²) in [5, 5.41) is 8.94. The van der Waals surface area contributed by atoms with E-state index in [4.69, 9.17) is 0 Å². The number of halogens is 1. The summed E-state index contributed by atoms with van der Waals surface area (Å²) in [4.78, 5) is 16.2. The van der Waals surface area contributed by atoms with E-state index in [-0.39, 0.29) is 35.6 Å². The average Bonchev–Trinajstić information content (AvgIpc) is 2.75. The first-order valence-corrected chi connectivity index (χ1v) is 11.1. The molecule has 0 radical (unpaired) electrons. The van der Waals surface area contributed by atoms with Crippen LogP contribution in [0.4, 0.5) is 0 Å². The molecule has 1 amide bonds. The van der Waals surface area contributed by atoms with E-state index < -0.39 is 9.84 Å². The molecular formula is C21H29IN4O3S. The number of amides is 1. The largest absolute Gasteiger partial charge is 0.356 e. The molecule has 0 atom stereocenters. The number of hydrogen-bond acceptors (Lipinski definition) is 4. The van der Waals surface area contributed by atoms with E-state index in [0.29, 0.717) is 35.9 Å². The first kappa shape index (κ1) is 25.9. The molecule has 164 valence electrons. The quantitative estimate of drug-likeness (QED) is 0.195. The third-order valence-corrected chi connectivity index (χ3v) is 6.15. The van der Waals surface area contributed by atoms with Crippen molar-refractivity contribution in [3.63, 3.8) is 0 Å². The van der Waals surface area contributed by atoms with Gasteiger partial charge in [-0.25, -0.2) is 8.42 Å². The van der Waals surface area contributed by atoms with Crippen molar-refractivity contribution in [1.82, 2.24) is 16.0 Å². The van der Waals surface area contributed by atoms with Gasteiger partial charge in [0, 0.05) is 32.7 Å². The second kappa shape index (κ2) is 13.2. The summed E-state index contributed by atoms with van der Waals surface area (Å²) < 4.78 is 24.5. The maximum absolute atomic E-state index is 12.3. The maximum atomic E-state index is 12.3. The number of hydrogen-bond donors (Lipinski definition) is 3. The van der Waals surface area contributed by atoms with Gasteiger partial charge in [0.25, 0.3) is 5.91 Å². The number of nitrogens with one attached hydrogen (secondary N) is 3. The van der Waals surface area contributed by atoms with Crippen molar-refractivity contribution < 1.29 is 13.2 Å². The van der Waals surface area contributed by atoms with Gasteiger partial charge in [-0.2, -0.15) is 0 Å². The number of aliphatic imine (C=N–C) groups is 1. The summed E-state index contributed by atoms with van der Waals surface area (Å²) in [5.74, 6) is 0.583. The minimum Gasteiger partial charge on any atom is -0.356 e. The highest BCUT2D eigenvalue weighted by molar-refractivity contribution is 14.0. The molecule has 0 unspecified atom stereocenters. The molecule has 0 bridgehead atoms. The molecule has 30 heavy (non-hydrogen) atoms. The van der Waals surface area contributed by atoms with Crippen molar-refractivity contribution in [2.75, 3.05) is 32.9 Å². The zero-order valence-electron chi connectivity index (χ0n) is 17.2. The number of sulfone groups is 1. The summed E-state index contributed by atoms with van der Waals surface area (Å²) in [7, 11) is 0.0131. The molecule has 2 aromatic rings. The molecule has 0 aromatic heterocycles. The van der Waals surface area contributed by atoms with Crippen molar-refractivity contribution in [2.24, 2.45) is 4.99 Å². The second-order valence-corrected chi connectivity index (χ2v) is 8.55. The molecule has 0 spiro atoms. The van der Waals surface area contributed by atoms with E-state index in [1.807, 2.05) is 18.2 Å². The average molecular weight is 544 g/mol. The molecule has 0 saturated heterocycles. The molecule has 7 nitrogen and oxygen atoms in total. The molecule has 0 fully saturated rings. The van der Waals surface area contributed by atoms with Crippen LogP contribution in [-0.2, 0) is 16.3 Å². The highest BCUT2D eigenvalue weighted by atomic mass is 127. The Morgan fingerprint density at radius 3 is 2.37 bits per heavy atom. The first-order valence-electron chi connectivity index (χ1n) is 9.49. The molecule has 0 aliphatic rings. The highest BCUT2D eigenvalue weighted by Gasteiger charge is 2.13. The highest BCUT2D eigenvalue weighted by Crippen LogP contribution is 2.10. The van der Waals surface area contributed by atoms with Crippen molar-refractivity contribution in [2.45, 2.75) is 17.7 Å². The van der Waals surface area contributed by atoms with Crippen LogP contribution in [0.2, 0.25) is 0 Å². The fourth-order valence-electron chi connectivity index (χ4n) is 2.77. The summed E-state index contributed by atoms with van der Waals surface area (Å²) in [6.07, 6.45) is 1.21. The van der Waals surface area contributed by atoms with E-state index in [2.05, 4.69) is 20.9 Å². The standard InChI is InChI=1S/C21H28N4O3S.HI/c1-22-20(26)18-9-6-8-17(16-18)12-14-25-21(23-2)24-13-7-15-29(27,28)19-10-4-3-5-11-19;/h3-6,8-11,16H,7,12-15H2,1-2H3,(H,22,26)(H2,23,24,25);1H. The fraction of sp³-hybridized carbons (Fsp3) is 0.333. The molecule has 0 aliphatic carbocycles. The lowest BCUT2D eigenvalue weighted by Crippen LogP contribution is -2.39. The SMILES string of the molecule is CN=C(NCCCS(=O)(=O)c1ccccc1)NCCc1cccc(C(=O)NC)c1.I. The zero-order valence-corrected chi connectivity index (χ0v) is 20.4. The normalized spacial score (nSPS) is 11.3. The second-order valence-electron chi connectivity index (χ2n) is 6.44. The van der Waals surface area contributed by atoms with Crippen LogP contribution in [0, 0.1) is 0 Å². The van der Waals surface area contributed by atoms with Crippen LogP contribution < -0.4 is 16.0 Å². The van der Waals surface area contributed by atoms with Gasteiger partial charge in [-0.15, -0.1) is 24.0 Å². The summed E-state index contributed by atoms with van der Waals surface area (Å²) in [6.45, 7) is 1.14. The predicted octanol–water partition coefficient (Wildman–Crippen LogP) is 2.24. The van der Waals surface area contributed by atoms with Crippen LogP contribution in [0.5, 0.6) is 0 Å². The molecule has 2 rings (SSSR count). The number of rotatable bonds is 9. The Bertz CT molecular complexity index is 934. The Hall–Kier alpha value is -2.14. The van der Waals surface area contributed by atoms with Gasteiger partial charge < -0.3 is 16.0 Å². The Labute approximate surface area is 195 Å². The zero-order chi connectivity index (χ0) is 21.1. The van der Waals surface area contributed by atoms with Crippen molar-refractivity contribution in [1.29, 1.82) is 0 Å². The number of guanidine groups is 1. The minimum absolute atomic E-state index is 0. The van der Waals surface area contributed by atoms with Gasteiger partial charge in [-0.1, -0.05) is 30.3 Å². The van der Waals surface area contributed by atoms with Gasteiger partial charge in [0.1, 0.15) is 0 Å². The van der Waals surface area contributed by atoms with Gasteiger partial charge in [-0.05, 0) is 42.7 Å². The van der Waals surface area contributed by atoms with E-state index in [1.165, 1.54) is 0 Å². The Morgan fingerprint density at radius 2 is 1.70 bits per heavy atom. The molecule has 3 N–H and O–H groups in total. The number of benzene rings is 2. The van der Waals surface area contributed by atoms with E-state index in [9.17, 15) is 13.2 Å². The van der Waals surface area contributed by atoms with Gasteiger partial charge in [0.15, 0.2) is 15.8 Å². The van der Waals surface area contributed by atoms with Gasteiger partial charge in [-0.3, -0.25) is 9.79 Å². The van der Waals surface area contributed by atoms with Gasteiger partial charge in [0.05, 0.1) is 10.6 Å². The third-order valence-electron chi connectivity index (χ3n) is 4.33. The number of nitrogens with zero attached hydrogens (tertiary/aromatic N) is 1. The van der Waals surface area contributed by atoms with Crippen molar-refractivity contribution >= 4 is 45.7 Å². The molecule has 0 saturated carbocycles. The van der Waals surface area contributed by atoms with Crippen LogP contribution in [0.25, 0.3) is 0 Å². The van der Waals surface area contributed by atoms with E-state index >= 15 is 0 Å². The molecule has 0 aliphatic heterocycles. The van der Waals surface area contributed by atoms with Gasteiger partial charge in [0.2, 0.25) is 0 Å². The predicted molar refractivity (Wildman–Crippen MR) is 131 cm³/mol. The molecule has 9 heteroatoms. The first-order chi connectivity index (χ1) is 14.0. The Balaban J connectivity index is 0.00000450. The van der Waals surface area contributed by atoms with Gasteiger partial charge >= 0.3 is 0 Å². The summed E-state index contributed by atoms with van der Waals surface area (Å²) in [6, 6.07) is 15.9. The summed E-state index contributed by atoms with van der Waals surface area (Å²) in [5.41, 5.74) is 1.68. The monoisotopic (exact) mass is 544 g/mol. The van der Waals surface area contributed by atoms with Crippen LogP contribution in [0.1, 0.15) is 22.3 Å². The van der Waals surface area contributed by atoms with Crippen LogP contribution in [-0.4, -0.2) is 53.2 Å². The van der Waals surface area contributed by atoms with E-state index in [0.717, 1.165) is 12.0 Å². The van der Waals surface area contributed by atoms with Crippen LogP contribution >= 0.6 is 24.0 Å². The number of carbonyl (C=O) groups is 1. The number of carbonyl (C=O) groups excluding carboxylic acids is 1. The Morgan fingerprint density at radius 1 is 1.00 bits per heavy atom. The topological polar surface area (TPSA) is 99.7 Å². The smallest absolute Gasteiger partial charge is 0.251 e. The lowest BCUT2D eigenvalue weighted by molar-refractivity contribution is 0.0963. The molecule has 2 aromatic carbocycles. The lowest BCUT2D eigenvalue weighted by Gasteiger charge is -2.12. The van der Waals surface area contributed by atoms with Crippen LogP contribution in [0.3, 0.4) is 0 Å². The molecular weight excluding hydrogens is 515 g/mol. The molecule has 0 heterocycles. The minimum atomic E-state index is -3.26. The van der Waals surface area contributed by atoms with Crippen molar-refractivity contribution in [3.05, 3.63) is 65.7 Å². The fourth-order valence-corrected chi connectivity index (χ4v) is 4.10. The van der Waals surface area contributed by atoms with Crippen molar-refractivity contribution in [3.8, 4) is 0 Å². The maximum Gasteiger partial charge on any atom is 0.251 e. The van der Waals surface area contributed by atoms with Crippen LogP contribution in [0.15, 0.2) is 64.5 Å². The Kier molecular flexibility index (Phi) is 11.4. The van der Waals surface area contributed by atoms with E-state index in [1.54, 1.807) is 50.5 Å². The summed E-state index contributed by atoms with van der Waals surface area (Å²) >= 11 is 0.